The van der Waals surface area contributed by atoms with Gasteiger partial charge in [0, 0.05) is 12.0 Å². The van der Waals surface area contributed by atoms with E-state index in [4.69, 9.17) is 21.5 Å². The van der Waals surface area contributed by atoms with Crippen molar-refractivity contribution in [2.75, 3.05) is 5.88 Å². The van der Waals surface area contributed by atoms with E-state index in [0.717, 1.165) is 0 Å². The number of hydrogen-bond acceptors (Lipinski definition) is 5. The van der Waals surface area contributed by atoms with Crippen molar-refractivity contribution in [2.24, 2.45) is 5.16 Å². The van der Waals surface area contributed by atoms with E-state index in [2.05, 4.69) is 5.16 Å². The number of aliphatic hydroxyl groups is 1. The molecule has 1 aromatic carbocycles. The van der Waals surface area contributed by atoms with Crippen LogP contribution < -0.4 is 0 Å². The standard InChI is InChI=1S/C13H12ClF4NO4S/c1-13(5-14)2-8(19-23-13)24(21,22)4-7-11(17)9(15)6(3-20)10(16)12(7)18/h20H,2-5H2,1H3. The average Bonchev–Trinajstić information content (AvgIpc) is 2.94. The van der Waals surface area contributed by atoms with Gasteiger partial charge in [-0.1, -0.05) is 5.16 Å². The quantitative estimate of drug-likeness (QED) is 0.487. The molecule has 24 heavy (non-hydrogen) atoms. The summed E-state index contributed by atoms with van der Waals surface area (Å²) in [6, 6.07) is 0. The lowest BCUT2D eigenvalue weighted by Gasteiger charge is -2.16. The lowest BCUT2D eigenvalue weighted by atomic mass is 10.1. The normalized spacial score (nSPS) is 20.9. The van der Waals surface area contributed by atoms with Gasteiger partial charge in [0.1, 0.15) is 0 Å². The second-order valence-electron chi connectivity index (χ2n) is 5.47. The second-order valence-corrected chi connectivity index (χ2v) is 7.72. The maximum absolute atomic E-state index is 13.9. The summed E-state index contributed by atoms with van der Waals surface area (Å²) in [6.45, 7) is 0.190. The van der Waals surface area contributed by atoms with Gasteiger partial charge in [-0.2, -0.15) is 0 Å². The van der Waals surface area contributed by atoms with Gasteiger partial charge in [-0.25, -0.2) is 26.0 Å². The average molecular weight is 390 g/mol. The van der Waals surface area contributed by atoms with Crippen LogP contribution in [0, 0.1) is 23.3 Å². The van der Waals surface area contributed by atoms with Crippen LogP contribution >= 0.6 is 11.6 Å². The highest BCUT2D eigenvalue weighted by molar-refractivity contribution is 8.05. The Labute approximate surface area is 139 Å². The van der Waals surface area contributed by atoms with E-state index in [0.29, 0.717) is 0 Å². The van der Waals surface area contributed by atoms with Gasteiger partial charge in [0.25, 0.3) is 0 Å². The summed E-state index contributed by atoms with van der Waals surface area (Å²) >= 11 is 5.61. The van der Waals surface area contributed by atoms with E-state index >= 15 is 0 Å². The van der Waals surface area contributed by atoms with Crippen LogP contribution in [-0.4, -0.2) is 30.0 Å². The molecule has 2 rings (SSSR count). The monoisotopic (exact) mass is 389 g/mol. The van der Waals surface area contributed by atoms with Crippen molar-refractivity contribution in [1.82, 2.24) is 0 Å². The van der Waals surface area contributed by atoms with Crippen LogP contribution in [0.25, 0.3) is 0 Å². The first-order valence-corrected chi connectivity index (χ1v) is 8.73. The number of aliphatic hydroxyl groups excluding tert-OH is 1. The summed E-state index contributed by atoms with van der Waals surface area (Å²) in [4.78, 5) is 4.88. The highest BCUT2D eigenvalue weighted by Crippen LogP contribution is 2.30. The number of nitrogens with zero attached hydrogens (tertiary/aromatic N) is 1. The maximum Gasteiger partial charge on any atom is 0.199 e. The molecular formula is C13H12ClF4NO4S. The fraction of sp³-hybridized carbons (Fsp3) is 0.462. The summed E-state index contributed by atoms with van der Waals surface area (Å²) < 4.78 is 79.4. The zero-order valence-electron chi connectivity index (χ0n) is 12.2. The highest BCUT2D eigenvalue weighted by atomic mass is 35.5. The molecular weight excluding hydrogens is 378 g/mol. The van der Waals surface area contributed by atoms with E-state index in [-0.39, 0.29) is 12.3 Å². The van der Waals surface area contributed by atoms with Crippen molar-refractivity contribution in [3.63, 3.8) is 0 Å². The number of hydrogen-bond donors (Lipinski definition) is 1. The summed E-state index contributed by atoms with van der Waals surface area (Å²) in [5.41, 5.74) is -3.63. The predicted octanol–water partition coefficient (Wildman–Crippen LogP) is 2.38. The fourth-order valence-corrected chi connectivity index (χ4v) is 3.66. The van der Waals surface area contributed by atoms with Crippen molar-refractivity contribution in [1.29, 1.82) is 0 Å². The van der Waals surface area contributed by atoms with Gasteiger partial charge in [-0.3, -0.25) is 0 Å². The van der Waals surface area contributed by atoms with Gasteiger partial charge in [0.05, 0.1) is 23.8 Å². The Morgan fingerprint density at radius 3 is 2.08 bits per heavy atom. The highest BCUT2D eigenvalue weighted by Gasteiger charge is 2.40. The molecule has 0 saturated carbocycles. The molecule has 0 bridgehead atoms. The SMILES string of the molecule is CC1(CCl)CC(S(=O)(=O)Cc2c(F)c(F)c(CO)c(F)c2F)=NO1. The smallest absolute Gasteiger partial charge is 0.199 e. The molecule has 0 amide bonds. The van der Waals surface area contributed by atoms with Crippen molar-refractivity contribution >= 4 is 26.5 Å². The van der Waals surface area contributed by atoms with Crippen LogP contribution in [-0.2, 0) is 27.0 Å². The van der Waals surface area contributed by atoms with Crippen LogP contribution in [0.3, 0.4) is 0 Å². The fourth-order valence-electron chi connectivity index (χ4n) is 2.05. The van der Waals surface area contributed by atoms with Crippen LogP contribution in [0.2, 0.25) is 0 Å². The minimum atomic E-state index is -4.40. The molecule has 5 nitrogen and oxygen atoms in total. The molecule has 0 fully saturated rings. The molecule has 0 spiro atoms. The molecule has 0 aromatic heterocycles. The van der Waals surface area contributed by atoms with Gasteiger partial charge in [-0.15, -0.1) is 11.6 Å². The molecule has 1 aliphatic heterocycles. The summed E-state index contributed by atoms with van der Waals surface area (Å²) in [6.07, 6.45) is -0.248. The third kappa shape index (κ3) is 3.22. The minimum absolute atomic E-state index is 0.0906. The van der Waals surface area contributed by atoms with E-state index in [9.17, 15) is 26.0 Å². The van der Waals surface area contributed by atoms with Crippen molar-refractivity contribution in [3.05, 3.63) is 34.4 Å². The number of benzene rings is 1. The van der Waals surface area contributed by atoms with E-state index in [1.54, 1.807) is 0 Å². The van der Waals surface area contributed by atoms with Crippen LogP contribution in [0.4, 0.5) is 17.6 Å². The van der Waals surface area contributed by atoms with Gasteiger partial charge in [-0.05, 0) is 6.92 Å². The Morgan fingerprint density at radius 1 is 1.17 bits per heavy atom. The van der Waals surface area contributed by atoms with Gasteiger partial charge >= 0.3 is 0 Å². The molecule has 1 heterocycles. The Morgan fingerprint density at radius 2 is 1.67 bits per heavy atom. The summed E-state index contributed by atoms with van der Waals surface area (Å²) in [5.74, 6) is -8.92. The number of halogens is 5. The lowest BCUT2D eigenvalue weighted by Crippen LogP contribution is -2.29. The van der Waals surface area contributed by atoms with Crippen molar-refractivity contribution < 1.29 is 35.9 Å². The molecule has 0 radical (unpaired) electrons. The maximum atomic E-state index is 13.9. The number of sulfone groups is 1. The number of oxime groups is 1. The van der Waals surface area contributed by atoms with Gasteiger partial charge in [0.2, 0.25) is 0 Å². The third-order valence-corrected chi connectivity index (χ3v) is 5.64. The Kier molecular flexibility index (Phi) is 5.12. The largest absolute Gasteiger partial charge is 0.391 e. The molecule has 0 aliphatic carbocycles. The first-order valence-electron chi connectivity index (χ1n) is 6.54. The summed E-state index contributed by atoms with van der Waals surface area (Å²) in [7, 11) is -4.40. The van der Waals surface area contributed by atoms with E-state index < -0.39 is 67.2 Å². The van der Waals surface area contributed by atoms with Crippen molar-refractivity contribution in [2.45, 2.75) is 31.3 Å². The molecule has 1 atom stereocenters. The van der Waals surface area contributed by atoms with Gasteiger partial charge in [0.15, 0.2) is 43.8 Å². The van der Waals surface area contributed by atoms with E-state index in [1.807, 2.05) is 0 Å². The lowest BCUT2D eigenvalue weighted by molar-refractivity contribution is 0.0152. The molecule has 1 aliphatic rings. The molecule has 0 saturated heterocycles. The van der Waals surface area contributed by atoms with Crippen LogP contribution in [0.5, 0.6) is 0 Å². The third-order valence-electron chi connectivity index (χ3n) is 3.47. The predicted molar refractivity (Wildman–Crippen MR) is 77.1 cm³/mol. The van der Waals surface area contributed by atoms with Crippen LogP contribution in [0.15, 0.2) is 5.16 Å². The second kappa shape index (κ2) is 6.49. The molecule has 1 N–H and O–H groups in total. The Hall–Kier alpha value is -1.39. The molecule has 11 heteroatoms. The number of alkyl halides is 1. The number of rotatable bonds is 4. The topological polar surface area (TPSA) is 76.0 Å². The Bertz CT molecular complexity index is 786. The summed E-state index contributed by atoms with van der Waals surface area (Å²) in [5, 5.41) is 11.6. The molecule has 134 valence electrons. The minimum Gasteiger partial charge on any atom is -0.391 e. The molecule has 1 unspecified atom stereocenters. The first-order chi connectivity index (χ1) is 11.1. The van der Waals surface area contributed by atoms with Crippen molar-refractivity contribution in [3.8, 4) is 0 Å². The van der Waals surface area contributed by atoms with Gasteiger partial charge < -0.3 is 9.94 Å². The first kappa shape index (κ1) is 18.9. The molecule has 1 aromatic rings. The van der Waals surface area contributed by atoms with E-state index in [1.165, 1.54) is 6.92 Å². The zero-order valence-corrected chi connectivity index (χ0v) is 13.8. The van der Waals surface area contributed by atoms with Crippen LogP contribution in [0.1, 0.15) is 24.5 Å². The Balaban J connectivity index is 2.42. The zero-order chi connectivity index (χ0) is 18.3.